The second kappa shape index (κ2) is 7.96. The minimum absolute atomic E-state index is 0.185. The Kier molecular flexibility index (Phi) is 5.48. The quantitative estimate of drug-likeness (QED) is 0.876. The van der Waals surface area contributed by atoms with Crippen LogP contribution in [0.3, 0.4) is 0 Å². The van der Waals surface area contributed by atoms with E-state index in [0.29, 0.717) is 24.6 Å². The number of rotatable bonds is 6. The van der Waals surface area contributed by atoms with Crippen LogP contribution in [0, 0.1) is 6.92 Å². The number of ether oxygens (including phenoxy) is 1. The first kappa shape index (κ1) is 17.2. The average Bonchev–Trinajstić information content (AvgIpc) is 3.15. The lowest BCUT2D eigenvalue weighted by Crippen LogP contribution is -2.24. The van der Waals surface area contributed by atoms with Crippen LogP contribution in [0.25, 0.3) is 0 Å². The van der Waals surface area contributed by atoms with E-state index in [-0.39, 0.29) is 5.91 Å². The van der Waals surface area contributed by atoms with Crippen LogP contribution in [0.1, 0.15) is 41.4 Å². The van der Waals surface area contributed by atoms with Gasteiger partial charge in [0.05, 0.1) is 6.61 Å². The summed E-state index contributed by atoms with van der Waals surface area (Å²) in [6.07, 6.45) is 4.22. The van der Waals surface area contributed by atoms with Crippen molar-refractivity contribution < 1.29 is 9.53 Å². The largest absolute Gasteiger partial charge is 0.477 e. The first-order chi connectivity index (χ1) is 12.2. The van der Waals surface area contributed by atoms with Gasteiger partial charge >= 0.3 is 0 Å². The summed E-state index contributed by atoms with van der Waals surface area (Å²) < 4.78 is 5.49. The van der Waals surface area contributed by atoms with E-state index in [0.717, 1.165) is 30.2 Å². The monoisotopic (exact) mass is 340 g/mol. The van der Waals surface area contributed by atoms with Gasteiger partial charge in [0.2, 0.25) is 5.88 Å². The second-order valence-electron chi connectivity index (χ2n) is 6.14. The molecule has 25 heavy (non-hydrogen) atoms. The zero-order valence-corrected chi connectivity index (χ0v) is 14.8. The number of nitrogens with zero attached hydrogens (tertiary/aromatic N) is 3. The molecule has 132 valence electrons. The SMILES string of the molecule is CCOc1nc(C)ccc1C(=O)NCc1ccnc(N2CCCC2)c1. The number of carbonyl (C=O) groups excluding carboxylic acids is 1. The van der Waals surface area contributed by atoms with Crippen LogP contribution in [-0.2, 0) is 6.54 Å². The van der Waals surface area contributed by atoms with Crippen molar-refractivity contribution in [2.75, 3.05) is 24.6 Å². The zero-order valence-electron chi connectivity index (χ0n) is 14.8. The molecule has 0 bridgehead atoms. The predicted octanol–water partition coefficient (Wildman–Crippen LogP) is 2.71. The number of amides is 1. The van der Waals surface area contributed by atoms with Crippen molar-refractivity contribution in [3.05, 3.63) is 47.3 Å². The molecule has 3 rings (SSSR count). The molecule has 2 aromatic rings. The molecule has 0 aliphatic carbocycles. The topological polar surface area (TPSA) is 67.3 Å². The predicted molar refractivity (Wildman–Crippen MR) is 97.0 cm³/mol. The molecule has 1 aliphatic heterocycles. The van der Waals surface area contributed by atoms with Gasteiger partial charge in [-0.1, -0.05) is 0 Å². The van der Waals surface area contributed by atoms with Crippen molar-refractivity contribution in [1.29, 1.82) is 0 Å². The van der Waals surface area contributed by atoms with Crippen molar-refractivity contribution in [2.24, 2.45) is 0 Å². The molecule has 1 aliphatic rings. The van der Waals surface area contributed by atoms with Gasteiger partial charge < -0.3 is 15.0 Å². The molecule has 1 amide bonds. The van der Waals surface area contributed by atoms with E-state index < -0.39 is 0 Å². The number of aryl methyl sites for hydroxylation is 1. The molecule has 0 radical (unpaired) electrons. The van der Waals surface area contributed by atoms with Crippen LogP contribution < -0.4 is 15.0 Å². The number of aromatic nitrogens is 2. The van der Waals surface area contributed by atoms with E-state index in [2.05, 4.69) is 20.2 Å². The number of carbonyl (C=O) groups is 1. The molecule has 6 nitrogen and oxygen atoms in total. The van der Waals surface area contributed by atoms with Crippen molar-refractivity contribution >= 4 is 11.7 Å². The van der Waals surface area contributed by atoms with E-state index in [1.165, 1.54) is 12.8 Å². The number of hydrogen-bond donors (Lipinski definition) is 1. The van der Waals surface area contributed by atoms with Gasteiger partial charge in [0.15, 0.2) is 0 Å². The van der Waals surface area contributed by atoms with Crippen LogP contribution in [0.5, 0.6) is 5.88 Å². The first-order valence-electron chi connectivity index (χ1n) is 8.76. The third kappa shape index (κ3) is 4.26. The fourth-order valence-electron chi connectivity index (χ4n) is 2.92. The summed E-state index contributed by atoms with van der Waals surface area (Å²) in [4.78, 5) is 23.5. The number of hydrogen-bond acceptors (Lipinski definition) is 5. The lowest BCUT2D eigenvalue weighted by Gasteiger charge is -2.17. The first-order valence-corrected chi connectivity index (χ1v) is 8.76. The summed E-state index contributed by atoms with van der Waals surface area (Å²) in [7, 11) is 0. The summed E-state index contributed by atoms with van der Waals surface area (Å²) in [5.41, 5.74) is 2.31. The van der Waals surface area contributed by atoms with Crippen molar-refractivity contribution in [3.63, 3.8) is 0 Å². The Morgan fingerprint density at radius 1 is 1.28 bits per heavy atom. The van der Waals surface area contributed by atoms with E-state index in [1.54, 1.807) is 12.3 Å². The Balaban J connectivity index is 1.67. The summed E-state index contributed by atoms with van der Waals surface area (Å²) >= 11 is 0. The molecule has 1 N–H and O–H groups in total. The van der Waals surface area contributed by atoms with Crippen molar-refractivity contribution in [2.45, 2.75) is 33.2 Å². The number of nitrogens with one attached hydrogen (secondary N) is 1. The lowest BCUT2D eigenvalue weighted by atomic mass is 10.2. The van der Waals surface area contributed by atoms with Gasteiger partial charge in [-0.05, 0) is 56.5 Å². The Labute approximate surface area is 148 Å². The minimum Gasteiger partial charge on any atom is -0.477 e. The third-order valence-corrected chi connectivity index (χ3v) is 4.22. The van der Waals surface area contributed by atoms with Crippen LogP contribution in [0.2, 0.25) is 0 Å². The number of anilines is 1. The molecule has 0 aromatic carbocycles. The molecule has 0 spiro atoms. The summed E-state index contributed by atoms with van der Waals surface area (Å²) in [5, 5.41) is 2.95. The maximum Gasteiger partial charge on any atom is 0.257 e. The summed E-state index contributed by atoms with van der Waals surface area (Å²) in [6.45, 7) is 6.77. The summed E-state index contributed by atoms with van der Waals surface area (Å²) in [6, 6.07) is 7.54. The highest BCUT2D eigenvalue weighted by Crippen LogP contribution is 2.19. The van der Waals surface area contributed by atoms with Crippen LogP contribution >= 0.6 is 0 Å². The van der Waals surface area contributed by atoms with E-state index in [1.807, 2.05) is 32.0 Å². The van der Waals surface area contributed by atoms with E-state index in [9.17, 15) is 4.79 Å². The summed E-state index contributed by atoms with van der Waals surface area (Å²) in [5.74, 6) is 1.18. The van der Waals surface area contributed by atoms with Gasteiger partial charge in [0.25, 0.3) is 5.91 Å². The molecule has 0 unspecified atom stereocenters. The molecule has 1 fully saturated rings. The highest BCUT2D eigenvalue weighted by atomic mass is 16.5. The van der Waals surface area contributed by atoms with Gasteiger partial charge in [0, 0.05) is 31.5 Å². The molecule has 0 atom stereocenters. The molecular weight excluding hydrogens is 316 g/mol. The van der Waals surface area contributed by atoms with E-state index >= 15 is 0 Å². The normalized spacial score (nSPS) is 13.8. The second-order valence-corrected chi connectivity index (χ2v) is 6.14. The Bertz CT molecular complexity index is 742. The van der Waals surface area contributed by atoms with Crippen LogP contribution in [-0.4, -0.2) is 35.6 Å². The molecule has 3 heterocycles. The Hall–Kier alpha value is -2.63. The Morgan fingerprint density at radius 2 is 2.08 bits per heavy atom. The Morgan fingerprint density at radius 3 is 2.84 bits per heavy atom. The fourth-order valence-corrected chi connectivity index (χ4v) is 2.92. The standard InChI is InChI=1S/C19H24N4O2/c1-3-25-19-16(7-6-14(2)22-19)18(24)21-13-15-8-9-20-17(12-15)23-10-4-5-11-23/h6-9,12H,3-5,10-11,13H2,1-2H3,(H,21,24). The molecule has 1 saturated heterocycles. The minimum atomic E-state index is -0.185. The van der Waals surface area contributed by atoms with Crippen LogP contribution in [0.4, 0.5) is 5.82 Å². The number of pyridine rings is 2. The molecule has 6 heteroatoms. The third-order valence-electron chi connectivity index (χ3n) is 4.22. The zero-order chi connectivity index (χ0) is 17.6. The lowest BCUT2D eigenvalue weighted by molar-refractivity contribution is 0.0946. The molecule has 2 aromatic heterocycles. The van der Waals surface area contributed by atoms with Gasteiger partial charge in [-0.25, -0.2) is 9.97 Å². The molecular formula is C19H24N4O2. The van der Waals surface area contributed by atoms with Gasteiger partial charge in [-0.2, -0.15) is 0 Å². The van der Waals surface area contributed by atoms with E-state index in [4.69, 9.17) is 4.74 Å². The maximum atomic E-state index is 12.5. The van der Waals surface area contributed by atoms with Crippen molar-refractivity contribution in [3.8, 4) is 5.88 Å². The van der Waals surface area contributed by atoms with Gasteiger partial charge in [-0.3, -0.25) is 4.79 Å². The average molecular weight is 340 g/mol. The smallest absolute Gasteiger partial charge is 0.257 e. The highest BCUT2D eigenvalue weighted by molar-refractivity contribution is 5.96. The fraction of sp³-hybridized carbons (Fsp3) is 0.421. The van der Waals surface area contributed by atoms with Gasteiger partial charge in [-0.15, -0.1) is 0 Å². The van der Waals surface area contributed by atoms with Crippen LogP contribution in [0.15, 0.2) is 30.5 Å². The van der Waals surface area contributed by atoms with Gasteiger partial charge in [0.1, 0.15) is 11.4 Å². The highest BCUT2D eigenvalue weighted by Gasteiger charge is 2.16. The maximum absolute atomic E-state index is 12.5. The molecule has 0 saturated carbocycles. The van der Waals surface area contributed by atoms with Crippen molar-refractivity contribution in [1.82, 2.24) is 15.3 Å².